The van der Waals surface area contributed by atoms with Gasteiger partial charge in [0.15, 0.2) is 0 Å². The van der Waals surface area contributed by atoms with E-state index in [2.05, 4.69) is 5.32 Å². The number of carbonyl (C=O) groups is 2. The van der Waals surface area contributed by atoms with Gasteiger partial charge in [-0.3, -0.25) is 9.59 Å². The van der Waals surface area contributed by atoms with Crippen LogP contribution in [0.5, 0.6) is 0 Å². The standard InChI is InChI=1S/C24H31ClN2O2S/c1-17(2)26-24(29)19(4)27(16-20-9-6-5-8-18(20)3)23(28)10-7-15-30-22-13-11-21(25)12-14-22/h5-6,8-9,11-14,17,19H,7,10,15-16H2,1-4H3,(H,26,29)/t19-/m0/s1. The monoisotopic (exact) mass is 446 g/mol. The third-order valence-electron chi connectivity index (χ3n) is 4.82. The number of amides is 2. The fourth-order valence-corrected chi connectivity index (χ4v) is 4.03. The van der Waals surface area contributed by atoms with Gasteiger partial charge in [-0.2, -0.15) is 0 Å². The Kier molecular flexibility index (Phi) is 9.73. The summed E-state index contributed by atoms with van der Waals surface area (Å²) in [6, 6.07) is 15.2. The summed E-state index contributed by atoms with van der Waals surface area (Å²) in [5, 5.41) is 3.64. The van der Waals surface area contributed by atoms with Crippen molar-refractivity contribution in [1.82, 2.24) is 10.2 Å². The molecule has 1 atom stereocenters. The minimum atomic E-state index is -0.525. The van der Waals surface area contributed by atoms with E-state index in [1.165, 1.54) is 0 Å². The van der Waals surface area contributed by atoms with Crippen LogP contribution in [0.3, 0.4) is 0 Å². The minimum Gasteiger partial charge on any atom is -0.352 e. The Hall–Kier alpha value is -1.98. The second kappa shape index (κ2) is 12.0. The van der Waals surface area contributed by atoms with E-state index >= 15 is 0 Å². The quantitative estimate of drug-likeness (QED) is 0.389. The number of halogens is 1. The molecule has 2 aromatic carbocycles. The summed E-state index contributed by atoms with van der Waals surface area (Å²) in [5.41, 5.74) is 2.18. The zero-order valence-corrected chi connectivity index (χ0v) is 19.7. The maximum absolute atomic E-state index is 13.1. The summed E-state index contributed by atoms with van der Waals surface area (Å²) >= 11 is 7.63. The van der Waals surface area contributed by atoms with Crippen LogP contribution in [0.15, 0.2) is 53.4 Å². The topological polar surface area (TPSA) is 49.4 Å². The van der Waals surface area contributed by atoms with E-state index in [0.29, 0.717) is 13.0 Å². The number of carbonyl (C=O) groups excluding carboxylic acids is 2. The molecule has 0 fully saturated rings. The van der Waals surface area contributed by atoms with Crippen molar-refractivity contribution in [3.63, 3.8) is 0 Å². The lowest BCUT2D eigenvalue weighted by molar-refractivity contribution is -0.140. The van der Waals surface area contributed by atoms with Gasteiger partial charge in [0.1, 0.15) is 6.04 Å². The molecule has 0 unspecified atom stereocenters. The van der Waals surface area contributed by atoms with Crippen LogP contribution >= 0.6 is 23.4 Å². The SMILES string of the molecule is Cc1ccccc1CN(C(=O)CCCSc1ccc(Cl)cc1)[C@@H](C)C(=O)NC(C)C. The van der Waals surface area contributed by atoms with Crippen molar-refractivity contribution in [3.8, 4) is 0 Å². The smallest absolute Gasteiger partial charge is 0.242 e. The van der Waals surface area contributed by atoms with Crippen LogP contribution in [-0.2, 0) is 16.1 Å². The molecule has 2 aromatic rings. The third-order valence-corrected chi connectivity index (χ3v) is 6.17. The van der Waals surface area contributed by atoms with Gasteiger partial charge in [-0.15, -0.1) is 11.8 Å². The summed E-state index contributed by atoms with van der Waals surface area (Å²) in [6.07, 6.45) is 1.15. The van der Waals surface area contributed by atoms with Crippen molar-refractivity contribution in [1.29, 1.82) is 0 Å². The van der Waals surface area contributed by atoms with E-state index in [0.717, 1.165) is 33.2 Å². The largest absolute Gasteiger partial charge is 0.352 e. The zero-order chi connectivity index (χ0) is 22.1. The predicted octanol–water partition coefficient (Wildman–Crippen LogP) is 5.46. The lowest BCUT2D eigenvalue weighted by Gasteiger charge is -2.30. The summed E-state index contributed by atoms with van der Waals surface area (Å²) in [4.78, 5) is 28.5. The van der Waals surface area contributed by atoms with Crippen LogP contribution < -0.4 is 5.32 Å². The predicted molar refractivity (Wildman–Crippen MR) is 126 cm³/mol. The van der Waals surface area contributed by atoms with Crippen LogP contribution in [0.25, 0.3) is 0 Å². The van der Waals surface area contributed by atoms with Crippen molar-refractivity contribution in [2.24, 2.45) is 0 Å². The van der Waals surface area contributed by atoms with Crippen LogP contribution in [0.2, 0.25) is 5.02 Å². The Balaban J connectivity index is 2.00. The van der Waals surface area contributed by atoms with Crippen molar-refractivity contribution >= 4 is 35.2 Å². The number of rotatable bonds is 10. The Morgan fingerprint density at radius 2 is 1.73 bits per heavy atom. The Morgan fingerprint density at radius 3 is 2.37 bits per heavy atom. The first kappa shape index (κ1) is 24.3. The zero-order valence-electron chi connectivity index (χ0n) is 18.2. The van der Waals surface area contributed by atoms with Gasteiger partial charge >= 0.3 is 0 Å². The molecule has 0 saturated heterocycles. The second-order valence-corrected chi connectivity index (χ2v) is 9.30. The Morgan fingerprint density at radius 1 is 1.07 bits per heavy atom. The Labute approximate surface area is 189 Å². The summed E-state index contributed by atoms with van der Waals surface area (Å²) in [6.45, 7) is 8.11. The van der Waals surface area contributed by atoms with Crippen molar-refractivity contribution in [3.05, 3.63) is 64.7 Å². The van der Waals surface area contributed by atoms with E-state index in [1.54, 1.807) is 23.6 Å². The molecule has 2 rings (SSSR count). The summed E-state index contributed by atoms with van der Waals surface area (Å²) in [7, 11) is 0. The number of nitrogens with one attached hydrogen (secondary N) is 1. The summed E-state index contributed by atoms with van der Waals surface area (Å²) in [5.74, 6) is 0.710. The van der Waals surface area contributed by atoms with Gasteiger partial charge < -0.3 is 10.2 Å². The molecule has 2 amide bonds. The molecule has 0 radical (unpaired) electrons. The first-order valence-corrected chi connectivity index (χ1v) is 11.7. The molecule has 0 aromatic heterocycles. The highest BCUT2D eigenvalue weighted by molar-refractivity contribution is 7.99. The maximum atomic E-state index is 13.1. The van der Waals surface area contributed by atoms with E-state index in [9.17, 15) is 9.59 Å². The highest BCUT2D eigenvalue weighted by atomic mass is 35.5. The van der Waals surface area contributed by atoms with Crippen molar-refractivity contribution in [2.45, 2.75) is 64.1 Å². The molecule has 30 heavy (non-hydrogen) atoms. The second-order valence-electron chi connectivity index (χ2n) is 7.69. The average Bonchev–Trinajstić information content (AvgIpc) is 2.70. The molecular formula is C24H31ClN2O2S. The first-order valence-electron chi connectivity index (χ1n) is 10.3. The lowest BCUT2D eigenvalue weighted by Crippen LogP contribution is -2.49. The van der Waals surface area contributed by atoms with Crippen molar-refractivity contribution < 1.29 is 9.59 Å². The number of aryl methyl sites for hydroxylation is 1. The normalized spacial score (nSPS) is 11.9. The van der Waals surface area contributed by atoms with Crippen LogP contribution in [0.4, 0.5) is 0 Å². The van der Waals surface area contributed by atoms with E-state index in [1.807, 2.05) is 69.3 Å². The van der Waals surface area contributed by atoms with Gasteiger partial charge in [0.2, 0.25) is 11.8 Å². The van der Waals surface area contributed by atoms with Crippen LogP contribution in [-0.4, -0.2) is 34.6 Å². The Bertz CT molecular complexity index is 839. The van der Waals surface area contributed by atoms with Crippen LogP contribution in [0.1, 0.15) is 44.7 Å². The molecule has 0 aliphatic rings. The fourth-order valence-electron chi connectivity index (χ4n) is 3.05. The summed E-state index contributed by atoms with van der Waals surface area (Å²) < 4.78 is 0. The van der Waals surface area contributed by atoms with Gasteiger partial charge in [-0.05, 0) is 75.3 Å². The number of hydrogen-bond donors (Lipinski definition) is 1. The molecule has 0 heterocycles. The van der Waals surface area contributed by atoms with Gasteiger partial charge in [0.05, 0.1) is 0 Å². The number of hydrogen-bond acceptors (Lipinski definition) is 3. The third kappa shape index (κ3) is 7.69. The average molecular weight is 447 g/mol. The molecular weight excluding hydrogens is 416 g/mol. The molecule has 0 bridgehead atoms. The molecule has 0 aliphatic carbocycles. The first-order chi connectivity index (χ1) is 14.3. The maximum Gasteiger partial charge on any atom is 0.242 e. The molecule has 0 spiro atoms. The lowest BCUT2D eigenvalue weighted by atomic mass is 10.1. The molecule has 162 valence electrons. The molecule has 4 nitrogen and oxygen atoms in total. The van der Waals surface area contributed by atoms with E-state index < -0.39 is 6.04 Å². The van der Waals surface area contributed by atoms with E-state index in [-0.39, 0.29) is 17.9 Å². The number of benzene rings is 2. The highest BCUT2D eigenvalue weighted by Crippen LogP contribution is 2.22. The molecule has 6 heteroatoms. The van der Waals surface area contributed by atoms with Gasteiger partial charge in [-0.1, -0.05) is 35.9 Å². The molecule has 0 saturated carbocycles. The number of thioether (sulfide) groups is 1. The molecule has 0 aliphatic heterocycles. The van der Waals surface area contributed by atoms with E-state index in [4.69, 9.17) is 11.6 Å². The van der Waals surface area contributed by atoms with Gasteiger partial charge in [0.25, 0.3) is 0 Å². The highest BCUT2D eigenvalue weighted by Gasteiger charge is 2.26. The number of nitrogens with zero attached hydrogens (tertiary/aromatic N) is 1. The van der Waals surface area contributed by atoms with Gasteiger partial charge in [0, 0.05) is 28.9 Å². The fraction of sp³-hybridized carbons (Fsp3) is 0.417. The molecule has 1 N–H and O–H groups in total. The minimum absolute atomic E-state index is 0.00126. The van der Waals surface area contributed by atoms with Gasteiger partial charge in [-0.25, -0.2) is 0 Å². The van der Waals surface area contributed by atoms with Crippen molar-refractivity contribution in [2.75, 3.05) is 5.75 Å². The van der Waals surface area contributed by atoms with Crippen LogP contribution in [0, 0.1) is 6.92 Å².